The van der Waals surface area contributed by atoms with Crippen molar-refractivity contribution in [3.05, 3.63) is 74.4 Å². The van der Waals surface area contributed by atoms with Crippen LogP contribution in [0.2, 0.25) is 0 Å². The van der Waals surface area contributed by atoms with Crippen LogP contribution in [-0.4, -0.2) is 45.1 Å². The number of thiophene rings is 1. The van der Waals surface area contributed by atoms with Crippen molar-refractivity contribution in [2.24, 2.45) is 0 Å². The zero-order valence-corrected chi connectivity index (χ0v) is 24.2. The Morgan fingerprint density at radius 3 is 2.71 bits per heavy atom. The number of hydrogen-bond acceptors (Lipinski definition) is 8. The molecule has 4 aromatic rings. The van der Waals surface area contributed by atoms with Gasteiger partial charge in [-0.1, -0.05) is 11.3 Å². The highest BCUT2D eigenvalue weighted by molar-refractivity contribution is 7.21. The molecule has 0 aliphatic carbocycles. The first-order valence-corrected chi connectivity index (χ1v) is 13.8. The largest absolute Gasteiger partial charge is 0.496 e. The normalized spacial score (nSPS) is 12.3. The predicted octanol–water partition coefficient (Wildman–Crippen LogP) is 3.41. The summed E-state index contributed by atoms with van der Waals surface area (Å²) in [6, 6.07) is 7.70. The van der Waals surface area contributed by atoms with E-state index in [1.807, 2.05) is 6.07 Å². The van der Waals surface area contributed by atoms with Gasteiger partial charge in [0.1, 0.15) is 33.0 Å². The van der Waals surface area contributed by atoms with Crippen LogP contribution in [0.4, 0.5) is 4.39 Å². The third-order valence-electron chi connectivity index (χ3n) is 6.77. The minimum atomic E-state index is -1.55. The van der Waals surface area contributed by atoms with E-state index in [4.69, 9.17) is 14.7 Å². The van der Waals surface area contributed by atoms with Crippen LogP contribution in [0.25, 0.3) is 15.2 Å². The summed E-state index contributed by atoms with van der Waals surface area (Å²) in [5.41, 5.74) is -2.00. The van der Waals surface area contributed by atoms with Crippen LogP contribution in [0.3, 0.4) is 0 Å². The van der Waals surface area contributed by atoms with E-state index in [9.17, 15) is 18.8 Å². The number of nitrogens with zero attached hydrogens (tertiary/aromatic N) is 5. The maximum absolute atomic E-state index is 14.4. The molecule has 13 heteroatoms. The molecule has 216 valence electrons. The number of methoxy groups -OCH3 is 1. The first kappa shape index (κ1) is 29.7. The van der Waals surface area contributed by atoms with Gasteiger partial charge in [-0.25, -0.2) is 18.4 Å². The number of carbonyl (C=O) groups is 1. The van der Waals surface area contributed by atoms with Crippen molar-refractivity contribution in [3.63, 3.8) is 0 Å². The predicted molar refractivity (Wildman–Crippen MR) is 152 cm³/mol. The number of hydrogen-bond donors (Lipinski definition) is 1. The van der Waals surface area contributed by atoms with E-state index in [0.717, 1.165) is 4.57 Å². The van der Waals surface area contributed by atoms with Crippen molar-refractivity contribution in [2.45, 2.75) is 52.3 Å². The summed E-state index contributed by atoms with van der Waals surface area (Å²) in [6.07, 6.45) is 2.44. The monoisotopic (exact) mass is 582 g/mol. The van der Waals surface area contributed by atoms with E-state index in [-0.39, 0.29) is 25.0 Å². The number of fused-ring (bicyclic) bond motifs is 1. The lowest BCUT2D eigenvalue weighted by atomic mass is 10.0. The van der Waals surface area contributed by atoms with Crippen LogP contribution in [0, 0.1) is 24.1 Å². The van der Waals surface area contributed by atoms with Gasteiger partial charge in [-0.2, -0.15) is 10.4 Å². The second-order valence-electron chi connectivity index (χ2n) is 9.77. The van der Waals surface area contributed by atoms with Gasteiger partial charge in [0, 0.05) is 30.1 Å². The molecule has 0 aliphatic heterocycles. The van der Waals surface area contributed by atoms with Gasteiger partial charge < -0.3 is 14.8 Å². The molecule has 1 atom stereocenters. The molecule has 3 heterocycles. The Bertz CT molecular complexity index is 1730. The highest BCUT2D eigenvalue weighted by atomic mass is 32.1. The topological polar surface area (TPSA) is 133 Å². The zero-order chi connectivity index (χ0) is 29.9. The van der Waals surface area contributed by atoms with Gasteiger partial charge in [0.15, 0.2) is 0 Å². The molecule has 0 fully saturated rings. The summed E-state index contributed by atoms with van der Waals surface area (Å²) < 4.78 is 29.8. The number of ether oxygens (including phenoxy) is 2. The quantitative estimate of drug-likeness (QED) is 0.268. The molecule has 0 saturated heterocycles. The van der Waals surface area contributed by atoms with Gasteiger partial charge in [-0.3, -0.25) is 14.2 Å². The van der Waals surface area contributed by atoms with Crippen molar-refractivity contribution in [1.29, 1.82) is 5.26 Å². The number of halogens is 1. The van der Waals surface area contributed by atoms with Crippen LogP contribution in [0.15, 0.2) is 46.2 Å². The SMILES string of the molecule is CCNC(=O)C(C)(C)n1c(=O)c2c(C)c(-n3cccn3)sc2n(C[C@H](OCCC#N)c2cc(F)ccc2OC)c1=O. The minimum Gasteiger partial charge on any atom is -0.496 e. The van der Waals surface area contributed by atoms with Crippen molar-refractivity contribution in [3.8, 4) is 16.8 Å². The number of amides is 1. The van der Waals surface area contributed by atoms with Gasteiger partial charge >= 0.3 is 5.69 Å². The van der Waals surface area contributed by atoms with Crippen LogP contribution in [0.1, 0.15) is 44.4 Å². The molecule has 11 nitrogen and oxygen atoms in total. The highest BCUT2D eigenvalue weighted by Crippen LogP contribution is 2.34. The maximum atomic E-state index is 14.4. The molecule has 0 saturated carbocycles. The van der Waals surface area contributed by atoms with E-state index in [2.05, 4.69) is 10.4 Å². The molecule has 0 bridgehead atoms. The molecule has 1 aromatic carbocycles. The van der Waals surface area contributed by atoms with Crippen molar-refractivity contribution < 1.29 is 18.7 Å². The van der Waals surface area contributed by atoms with Crippen molar-refractivity contribution >= 4 is 27.5 Å². The molecule has 0 spiro atoms. The zero-order valence-electron chi connectivity index (χ0n) is 23.4. The Labute approximate surface area is 239 Å². The fourth-order valence-electron chi connectivity index (χ4n) is 4.68. The third-order valence-corrected chi connectivity index (χ3v) is 8.08. The Morgan fingerprint density at radius 2 is 2.07 bits per heavy atom. The van der Waals surface area contributed by atoms with E-state index in [1.54, 1.807) is 37.0 Å². The number of rotatable bonds is 11. The smallest absolute Gasteiger partial charge is 0.333 e. The van der Waals surface area contributed by atoms with E-state index in [0.29, 0.717) is 33.3 Å². The third kappa shape index (κ3) is 5.53. The Hall–Kier alpha value is -4.28. The molecule has 0 unspecified atom stereocenters. The van der Waals surface area contributed by atoms with E-state index < -0.39 is 34.6 Å². The minimum absolute atomic E-state index is 0.00473. The highest BCUT2D eigenvalue weighted by Gasteiger charge is 2.36. The Morgan fingerprint density at radius 1 is 1.32 bits per heavy atom. The molecular weight excluding hydrogens is 551 g/mol. The molecule has 1 amide bonds. The summed E-state index contributed by atoms with van der Waals surface area (Å²) in [5.74, 6) is -0.713. The van der Waals surface area contributed by atoms with Gasteiger partial charge in [-0.05, 0) is 52.0 Å². The van der Waals surface area contributed by atoms with Gasteiger partial charge in [0.2, 0.25) is 5.91 Å². The summed E-state index contributed by atoms with van der Waals surface area (Å²) in [6.45, 7) is 6.66. The summed E-state index contributed by atoms with van der Waals surface area (Å²) in [7, 11) is 1.43. The number of aromatic nitrogens is 4. The molecule has 0 radical (unpaired) electrons. The Balaban J connectivity index is 2.03. The van der Waals surface area contributed by atoms with Crippen LogP contribution >= 0.6 is 11.3 Å². The maximum Gasteiger partial charge on any atom is 0.333 e. The van der Waals surface area contributed by atoms with Crippen molar-refractivity contribution in [1.82, 2.24) is 24.2 Å². The molecular formula is C28H31FN6O5S. The van der Waals surface area contributed by atoms with Crippen LogP contribution in [-0.2, 0) is 21.6 Å². The number of benzene rings is 1. The molecule has 1 N–H and O–H groups in total. The van der Waals surface area contributed by atoms with Gasteiger partial charge in [-0.15, -0.1) is 0 Å². The second kappa shape index (κ2) is 12.1. The Kier molecular flexibility index (Phi) is 8.74. The summed E-state index contributed by atoms with van der Waals surface area (Å²) in [4.78, 5) is 41.6. The average molecular weight is 583 g/mol. The molecule has 0 aliphatic rings. The van der Waals surface area contributed by atoms with Crippen molar-refractivity contribution in [2.75, 3.05) is 20.3 Å². The lowest BCUT2D eigenvalue weighted by molar-refractivity contribution is -0.128. The molecule has 4 rings (SSSR count). The molecule has 3 aromatic heterocycles. The number of likely N-dealkylation sites (N-methyl/N-ethyl adjacent to an activating group) is 1. The van der Waals surface area contributed by atoms with E-state index >= 15 is 0 Å². The lowest BCUT2D eigenvalue weighted by Crippen LogP contribution is -2.55. The van der Waals surface area contributed by atoms with Crippen LogP contribution in [0.5, 0.6) is 5.75 Å². The van der Waals surface area contributed by atoms with Crippen LogP contribution < -0.4 is 21.3 Å². The lowest BCUT2D eigenvalue weighted by Gasteiger charge is -2.27. The average Bonchev–Trinajstić information content (AvgIpc) is 3.58. The standard InChI is InChI=1S/C28H31FN6O5S/c1-6-31-26(37)28(3,4)35-23(36)22-17(2)24(34-13-8-12-32-34)41-25(22)33(27(35)38)16-21(40-14-7-11-30)19-15-18(29)9-10-20(19)39-5/h8-10,12-13,15,21H,6-7,14,16H2,1-5H3,(H,31,37)/t21-/m0/s1. The first-order chi connectivity index (χ1) is 19.6. The number of nitriles is 1. The fourth-order valence-corrected chi connectivity index (χ4v) is 5.93. The van der Waals surface area contributed by atoms with E-state index in [1.165, 1.54) is 55.1 Å². The summed E-state index contributed by atoms with van der Waals surface area (Å²) in [5, 5.41) is 17.0. The second-order valence-corrected chi connectivity index (χ2v) is 10.7. The number of carbonyl (C=O) groups excluding carboxylic acids is 1. The van der Waals surface area contributed by atoms with Gasteiger partial charge in [0.05, 0.1) is 38.1 Å². The summed E-state index contributed by atoms with van der Waals surface area (Å²) >= 11 is 1.19. The fraction of sp³-hybridized carbons (Fsp3) is 0.393. The number of nitrogens with one attached hydrogen (secondary N) is 1. The van der Waals surface area contributed by atoms with Gasteiger partial charge in [0.25, 0.3) is 5.56 Å². The number of aryl methyl sites for hydroxylation is 1. The first-order valence-electron chi connectivity index (χ1n) is 13.0. The molecule has 41 heavy (non-hydrogen) atoms.